The Morgan fingerprint density at radius 3 is 2.52 bits per heavy atom. The Balaban J connectivity index is 3.05. The quantitative estimate of drug-likeness (QED) is 0.494. The molecule has 0 aliphatic carbocycles. The number of alkyl carbamates (subject to hydrolysis) is 1. The lowest BCUT2D eigenvalue weighted by atomic mass is 10.1. The van der Waals surface area contributed by atoms with Crippen LogP contribution in [-0.2, 0) is 10.9 Å². The largest absolute Gasteiger partial charge is 0.453 e. The van der Waals surface area contributed by atoms with E-state index in [0.29, 0.717) is 12.1 Å². The van der Waals surface area contributed by atoms with Crippen LogP contribution >= 0.6 is 12.2 Å². The van der Waals surface area contributed by atoms with E-state index >= 15 is 0 Å². The summed E-state index contributed by atoms with van der Waals surface area (Å²) in [6.07, 6.45) is -5.64. The Hall–Kier alpha value is -2.43. The van der Waals surface area contributed by atoms with E-state index in [1.807, 2.05) is 5.32 Å². The Bertz CT molecular complexity index is 591. The van der Waals surface area contributed by atoms with Gasteiger partial charge in [0.1, 0.15) is 5.69 Å². The molecule has 7 nitrogen and oxygen atoms in total. The van der Waals surface area contributed by atoms with Gasteiger partial charge >= 0.3 is 12.3 Å². The fraction of sp³-hybridized carbons (Fsp3) is 0.200. The highest BCUT2D eigenvalue weighted by molar-refractivity contribution is 7.80. The highest BCUT2D eigenvalue weighted by Gasteiger charge is 2.33. The zero-order chi connectivity index (χ0) is 16.2. The summed E-state index contributed by atoms with van der Waals surface area (Å²) in [6.45, 7) is 0. The molecule has 1 amide bonds. The number of methoxy groups -OCH3 is 1. The molecule has 11 heteroatoms. The van der Waals surface area contributed by atoms with Gasteiger partial charge in [-0.3, -0.25) is 15.4 Å². The number of nitrogens with zero attached hydrogens (tertiary/aromatic N) is 1. The summed E-state index contributed by atoms with van der Waals surface area (Å²) in [7, 11) is 1.07. The Morgan fingerprint density at radius 2 is 2.05 bits per heavy atom. The molecule has 1 aromatic carbocycles. The minimum atomic E-state index is -4.71. The molecule has 0 spiro atoms. The molecule has 0 radical (unpaired) electrons. The van der Waals surface area contributed by atoms with Crippen LogP contribution in [0.15, 0.2) is 18.2 Å². The van der Waals surface area contributed by atoms with E-state index in [4.69, 9.17) is 0 Å². The van der Waals surface area contributed by atoms with Crippen molar-refractivity contribution in [3.05, 3.63) is 33.9 Å². The van der Waals surface area contributed by atoms with Crippen LogP contribution in [0.1, 0.15) is 5.56 Å². The van der Waals surface area contributed by atoms with Crippen molar-refractivity contribution in [1.82, 2.24) is 5.32 Å². The number of thiocarbonyl (C=S) groups is 1. The van der Waals surface area contributed by atoms with Crippen molar-refractivity contribution in [3.8, 4) is 0 Å². The van der Waals surface area contributed by atoms with Crippen molar-refractivity contribution < 1.29 is 27.6 Å². The molecule has 114 valence electrons. The molecular weight excluding hydrogens is 315 g/mol. The summed E-state index contributed by atoms with van der Waals surface area (Å²) in [4.78, 5) is 20.7. The molecule has 21 heavy (non-hydrogen) atoms. The molecular formula is C10H8F3N3O4S. The monoisotopic (exact) mass is 323 g/mol. The van der Waals surface area contributed by atoms with Crippen LogP contribution in [-0.4, -0.2) is 23.2 Å². The number of benzene rings is 1. The predicted octanol–water partition coefficient (Wildman–Crippen LogP) is 2.67. The second-order valence-corrected chi connectivity index (χ2v) is 3.97. The number of alkyl halides is 3. The Labute approximate surface area is 121 Å². The predicted molar refractivity (Wildman–Crippen MR) is 69.9 cm³/mol. The maximum Gasteiger partial charge on any atom is 0.416 e. The first-order chi connectivity index (χ1) is 9.65. The molecule has 0 bridgehead atoms. The number of anilines is 1. The lowest BCUT2D eigenvalue weighted by Crippen LogP contribution is -2.34. The number of amides is 1. The number of nitrogens with one attached hydrogen (secondary N) is 2. The molecule has 0 aliphatic heterocycles. The molecule has 0 fully saturated rings. The summed E-state index contributed by atoms with van der Waals surface area (Å²) < 4.78 is 41.7. The number of halogens is 3. The number of hydrogen-bond acceptors (Lipinski definition) is 5. The molecule has 0 saturated heterocycles. The van der Waals surface area contributed by atoms with Gasteiger partial charge in [0, 0.05) is 6.07 Å². The average molecular weight is 323 g/mol. The number of nitro groups is 1. The van der Waals surface area contributed by atoms with E-state index < -0.39 is 28.4 Å². The summed E-state index contributed by atoms with van der Waals surface area (Å²) in [6, 6.07) is 1.85. The van der Waals surface area contributed by atoms with E-state index in [1.165, 1.54) is 0 Å². The van der Waals surface area contributed by atoms with Gasteiger partial charge < -0.3 is 10.1 Å². The van der Waals surface area contributed by atoms with Crippen LogP contribution in [0.25, 0.3) is 0 Å². The minimum absolute atomic E-state index is 0.297. The van der Waals surface area contributed by atoms with Crippen molar-refractivity contribution >= 4 is 34.8 Å². The number of rotatable bonds is 2. The van der Waals surface area contributed by atoms with Gasteiger partial charge in [-0.25, -0.2) is 4.79 Å². The Kier molecular flexibility index (Phi) is 5.02. The molecule has 0 unspecified atom stereocenters. The van der Waals surface area contributed by atoms with Gasteiger partial charge in [-0.1, -0.05) is 0 Å². The van der Waals surface area contributed by atoms with E-state index in [1.54, 1.807) is 0 Å². The van der Waals surface area contributed by atoms with Crippen LogP contribution < -0.4 is 10.6 Å². The topological polar surface area (TPSA) is 93.5 Å². The molecule has 0 atom stereocenters. The van der Waals surface area contributed by atoms with Crippen molar-refractivity contribution in [2.24, 2.45) is 0 Å². The van der Waals surface area contributed by atoms with E-state index in [-0.39, 0.29) is 10.8 Å². The average Bonchev–Trinajstić information content (AvgIpc) is 2.37. The summed E-state index contributed by atoms with van der Waals surface area (Å²) in [5.41, 5.74) is -2.31. The fourth-order valence-corrected chi connectivity index (χ4v) is 1.46. The summed E-state index contributed by atoms with van der Waals surface area (Å²) in [5.74, 6) is 0. The molecule has 1 rings (SSSR count). The van der Waals surface area contributed by atoms with E-state index in [0.717, 1.165) is 13.2 Å². The smallest absolute Gasteiger partial charge is 0.416 e. The highest BCUT2D eigenvalue weighted by Crippen LogP contribution is 2.34. The summed E-state index contributed by atoms with van der Waals surface area (Å²) >= 11 is 4.66. The number of ether oxygens (including phenoxy) is 1. The number of nitro benzene ring substituents is 1. The normalized spacial score (nSPS) is 10.7. The van der Waals surface area contributed by atoms with Gasteiger partial charge in [0.05, 0.1) is 17.6 Å². The first-order valence-electron chi connectivity index (χ1n) is 5.16. The van der Waals surface area contributed by atoms with Gasteiger partial charge in [0.2, 0.25) is 0 Å². The van der Waals surface area contributed by atoms with Crippen molar-refractivity contribution in [2.45, 2.75) is 6.18 Å². The second-order valence-electron chi connectivity index (χ2n) is 3.56. The van der Waals surface area contributed by atoms with E-state index in [9.17, 15) is 28.1 Å². The molecule has 1 aromatic rings. The van der Waals surface area contributed by atoms with E-state index in [2.05, 4.69) is 22.3 Å². The maximum atomic E-state index is 12.5. The molecule has 0 saturated carbocycles. The zero-order valence-electron chi connectivity index (χ0n) is 10.4. The van der Waals surface area contributed by atoms with Gasteiger partial charge in [-0.2, -0.15) is 13.2 Å². The third-order valence-corrected chi connectivity index (χ3v) is 2.38. The fourth-order valence-electron chi connectivity index (χ4n) is 1.26. The third-order valence-electron chi connectivity index (χ3n) is 2.17. The number of hydrogen-bond donors (Lipinski definition) is 2. The van der Waals surface area contributed by atoms with Crippen LogP contribution in [0.4, 0.5) is 29.3 Å². The van der Waals surface area contributed by atoms with Crippen LogP contribution in [0.5, 0.6) is 0 Å². The van der Waals surface area contributed by atoms with Gasteiger partial charge in [0.25, 0.3) is 5.69 Å². The lowest BCUT2D eigenvalue weighted by Gasteiger charge is -2.11. The van der Waals surface area contributed by atoms with Crippen molar-refractivity contribution in [3.63, 3.8) is 0 Å². The Morgan fingerprint density at radius 1 is 1.43 bits per heavy atom. The first-order valence-corrected chi connectivity index (χ1v) is 5.57. The molecule has 0 heterocycles. The van der Waals surface area contributed by atoms with Crippen molar-refractivity contribution in [2.75, 3.05) is 12.4 Å². The zero-order valence-corrected chi connectivity index (χ0v) is 11.2. The second kappa shape index (κ2) is 6.35. The number of carbonyl (C=O) groups is 1. The lowest BCUT2D eigenvalue weighted by molar-refractivity contribution is -0.384. The maximum absolute atomic E-state index is 12.5. The van der Waals surface area contributed by atoms with Gasteiger partial charge in [-0.05, 0) is 24.4 Å². The van der Waals surface area contributed by atoms with Crippen molar-refractivity contribution in [1.29, 1.82) is 0 Å². The van der Waals surface area contributed by atoms with Crippen LogP contribution in [0.3, 0.4) is 0 Å². The molecule has 0 aromatic heterocycles. The minimum Gasteiger partial charge on any atom is -0.453 e. The SMILES string of the molecule is COC(=O)NC(=S)Nc1ccc(C(F)(F)F)cc1[N+](=O)[O-]. The molecule has 2 N–H and O–H groups in total. The highest BCUT2D eigenvalue weighted by atomic mass is 32.1. The van der Waals surface area contributed by atoms with Gasteiger partial charge in [0.15, 0.2) is 5.11 Å². The summed E-state index contributed by atoms with van der Waals surface area (Å²) in [5, 5.41) is 14.7. The number of carbonyl (C=O) groups excluding carboxylic acids is 1. The van der Waals surface area contributed by atoms with Crippen LogP contribution in [0.2, 0.25) is 0 Å². The van der Waals surface area contributed by atoms with Gasteiger partial charge in [-0.15, -0.1) is 0 Å². The third kappa shape index (κ3) is 4.56. The standard InChI is InChI=1S/C10H8F3N3O4S/c1-20-9(17)15-8(21)14-6-3-2-5(10(11,12)13)4-7(6)16(18)19/h2-4H,1H3,(H2,14,15,17,21). The first kappa shape index (κ1) is 16.6. The van der Waals surface area contributed by atoms with Crippen LogP contribution in [0, 0.1) is 10.1 Å². The molecule has 0 aliphatic rings.